The molecule has 0 saturated carbocycles. The molecular formula is C10H6Br2F3N3. The number of alkyl halides is 3. The number of nitrogens with zero attached hydrogens (tertiary/aromatic N) is 1. The molecule has 3 nitrogen and oxygen atoms in total. The topological polar surface area (TPSA) is 54.7 Å². The van der Waals surface area contributed by atoms with E-state index >= 15 is 0 Å². The molecule has 0 spiro atoms. The molecule has 1 aromatic carbocycles. The number of aromatic amines is 1. The van der Waals surface area contributed by atoms with Crippen molar-refractivity contribution in [3.05, 3.63) is 33.0 Å². The molecule has 96 valence electrons. The number of nitrogen functional groups attached to an aromatic ring is 1. The Kier molecular flexibility index (Phi) is 3.41. The van der Waals surface area contributed by atoms with Crippen LogP contribution in [0.3, 0.4) is 0 Å². The number of hydrogen-bond donors (Lipinski definition) is 2. The van der Waals surface area contributed by atoms with E-state index in [1.54, 1.807) is 12.1 Å². The van der Waals surface area contributed by atoms with Crippen molar-refractivity contribution >= 4 is 37.5 Å². The van der Waals surface area contributed by atoms with Crippen LogP contribution >= 0.6 is 31.9 Å². The van der Waals surface area contributed by atoms with Crippen molar-refractivity contribution < 1.29 is 13.2 Å². The summed E-state index contributed by atoms with van der Waals surface area (Å²) in [5.41, 5.74) is 5.60. The Balaban J connectivity index is 2.53. The first-order valence-corrected chi connectivity index (χ1v) is 6.24. The number of rotatable bonds is 1. The molecule has 8 heteroatoms. The maximum Gasteiger partial charge on any atom is 0.432 e. The van der Waals surface area contributed by atoms with Gasteiger partial charge in [-0.3, -0.25) is 0 Å². The Morgan fingerprint density at radius 3 is 2.44 bits per heavy atom. The van der Waals surface area contributed by atoms with Crippen LogP contribution in [0.25, 0.3) is 11.4 Å². The van der Waals surface area contributed by atoms with Gasteiger partial charge in [0.05, 0.1) is 11.9 Å². The Bertz CT molecular complexity index is 593. The van der Waals surface area contributed by atoms with Gasteiger partial charge in [-0.1, -0.05) is 15.9 Å². The summed E-state index contributed by atoms with van der Waals surface area (Å²) in [4.78, 5) is 5.91. The molecule has 0 aliphatic carbocycles. The van der Waals surface area contributed by atoms with Crippen molar-refractivity contribution in [2.24, 2.45) is 0 Å². The summed E-state index contributed by atoms with van der Waals surface area (Å²) in [6.45, 7) is 0. The van der Waals surface area contributed by atoms with Gasteiger partial charge in [0, 0.05) is 14.5 Å². The Morgan fingerprint density at radius 2 is 1.89 bits per heavy atom. The van der Waals surface area contributed by atoms with E-state index < -0.39 is 11.9 Å². The number of imidazole rings is 1. The Hall–Kier alpha value is -1.02. The summed E-state index contributed by atoms with van der Waals surface area (Å²) in [6, 6.07) is 3.30. The number of halogens is 5. The fourth-order valence-corrected chi connectivity index (χ4v) is 2.61. The lowest BCUT2D eigenvalue weighted by Gasteiger charge is -2.06. The van der Waals surface area contributed by atoms with Crippen LogP contribution in [-0.2, 0) is 6.18 Å². The van der Waals surface area contributed by atoms with Gasteiger partial charge in [-0.2, -0.15) is 13.2 Å². The third kappa shape index (κ3) is 2.54. The van der Waals surface area contributed by atoms with Crippen molar-refractivity contribution in [1.82, 2.24) is 9.97 Å². The van der Waals surface area contributed by atoms with Crippen molar-refractivity contribution in [1.29, 1.82) is 0 Å². The molecule has 0 fully saturated rings. The van der Waals surface area contributed by atoms with Crippen LogP contribution in [0, 0.1) is 0 Å². The van der Waals surface area contributed by atoms with E-state index in [0.717, 1.165) is 6.20 Å². The lowest BCUT2D eigenvalue weighted by molar-refractivity contribution is -0.140. The number of hydrogen-bond acceptors (Lipinski definition) is 2. The van der Waals surface area contributed by atoms with Gasteiger partial charge in [0.25, 0.3) is 0 Å². The molecule has 2 aromatic rings. The van der Waals surface area contributed by atoms with Crippen LogP contribution in [0.5, 0.6) is 0 Å². The van der Waals surface area contributed by atoms with Gasteiger partial charge in [-0.05, 0) is 28.1 Å². The maximum atomic E-state index is 12.5. The Morgan fingerprint density at radius 1 is 1.22 bits per heavy atom. The standard InChI is InChI=1S/C10H6Br2F3N3/c11-4-1-5(8(16)6(12)2-4)9-17-3-7(18-9)10(13,14)15/h1-3H,16H2,(H,17,18). The fourth-order valence-electron chi connectivity index (χ4n) is 1.38. The van der Waals surface area contributed by atoms with Gasteiger partial charge in [-0.25, -0.2) is 4.98 Å². The van der Waals surface area contributed by atoms with Gasteiger partial charge in [0.2, 0.25) is 0 Å². The minimum absolute atomic E-state index is 0.0711. The fraction of sp³-hybridized carbons (Fsp3) is 0.100. The summed E-state index contributed by atoms with van der Waals surface area (Å²) in [5, 5.41) is 0. The van der Waals surface area contributed by atoms with Gasteiger partial charge in [-0.15, -0.1) is 0 Å². The summed E-state index contributed by atoms with van der Waals surface area (Å²) >= 11 is 6.46. The molecule has 0 aliphatic heterocycles. The molecule has 0 amide bonds. The van der Waals surface area contributed by atoms with Gasteiger partial charge >= 0.3 is 6.18 Å². The summed E-state index contributed by atoms with van der Waals surface area (Å²) in [7, 11) is 0. The highest BCUT2D eigenvalue weighted by atomic mass is 79.9. The third-order valence-electron chi connectivity index (χ3n) is 2.23. The monoisotopic (exact) mass is 383 g/mol. The van der Waals surface area contributed by atoms with E-state index in [2.05, 4.69) is 41.8 Å². The van der Waals surface area contributed by atoms with Crippen LogP contribution in [-0.4, -0.2) is 9.97 Å². The highest BCUT2D eigenvalue weighted by Gasteiger charge is 2.33. The molecule has 2 rings (SSSR count). The maximum absolute atomic E-state index is 12.5. The van der Waals surface area contributed by atoms with E-state index in [9.17, 15) is 13.2 Å². The number of benzene rings is 1. The first kappa shape index (κ1) is 13.4. The van der Waals surface area contributed by atoms with Crippen molar-refractivity contribution in [3.8, 4) is 11.4 Å². The highest BCUT2D eigenvalue weighted by Crippen LogP contribution is 2.35. The van der Waals surface area contributed by atoms with E-state index in [1.807, 2.05) is 0 Å². The second-order valence-corrected chi connectivity index (χ2v) is 5.26. The smallest absolute Gasteiger partial charge is 0.397 e. The van der Waals surface area contributed by atoms with Gasteiger partial charge < -0.3 is 10.7 Å². The molecule has 0 atom stereocenters. The average Bonchev–Trinajstić information content (AvgIpc) is 2.71. The van der Waals surface area contributed by atoms with Gasteiger partial charge in [0.15, 0.2) is 0 Å². The summed E-state index contributed by atoms with van der Waals surface area (Å²) in [5.74, 6) is 0.0711. The third-order valence-corrected chi connectivity index (χ3v) is 3.34. The average molecular weight is 385 g/mol. The molecule has 3 N–H and O–H groups in total. The minimum Gasteiger partial charge on any atom is -0.397 e. The number of aromatic nitrogens is 2. The lowest BCUT2D eigenvalue weighted by atomic mass is 10.2. The largest absolute Gasteiger partial charge is 0.432 e. The quantitative estimate of drug-likeness (QED) is 0.724. The molecule has 0 radical (unpaired) electrons. The van der Waals surface area contributed by atoms with E-state index in [-0.39, 0.29) is 5.82 Å². The first-order valence-electron chi connectivity index (χ1n) is 4.66. The number of nitrogens with one attached hydrogen (secondary N) is 1. The van der Waals surface area contributed by atoms with E-state index in [1.165, 1.54) is 0 Å². The van der Waals surface area contributed by atoms with Crippen LogP contribution in [0.4, 0.5) is 18.9 Å². The zero-order chi connectivity index (χ0) is 13.5. The highest BCUT2D eigenvalue weighted by molar-refractivity contribution is 9.11. The van der Waals surface area contributed by atoms with Crippen molar-refractivity contribution in [2.75, 3.05) is 5.73 Å². The zero-order valence-electron chi connectivity index (χ0n) is 8.65. The molecule has 18 heavy (non-hydrogen) atoms. The second kappa shape index (κ2) is 4.58. The second-order valence-electron chi connectivity index (χ2n) is 3.49. The molecule has 0 bridgehead atoms. The molecule has 0 aliphatic rings. The van der Waals surface area contributed by atoms with Crippen molar-refractivity contribution in [2.45, 2.75) is 6.18 Å². The van der Waals surface area contributed by atoms with Crippen molar-refractivity contribution in [3.63, 3.8) is 0 Å². The van der Waals surface area contributed by atoms with Crippen LogP contribution < -0.4 is 5.73 Å². The van der Waals surface area contributed by atoms with Crippen LogP contribution in [0.15, 0.2) is 27.3 Å². The molecular weight excluding hydrogens is 379 g/mol. The predicted octanol–water partition coefficient (Wildman–Crippen LogP) is 4.20. The zero-order valence-corrected chi connectivity index (χ0v) is 11.8. The van der Waals surface area contributed by atoms with Crippen LogP contribution in [0.1, 0.15) is 5.69 Å². The van der Waals surface area contributed by atoms with E-state index in [0.29, 0.717) is 20.2 Å². The molecule has 0 saturated heterocycles. The predicted molar refractivity (Wildman–Crippen MR) is 68.8 cm³/mol. The molecule has 1 heterocycles. The van der Waals surface area contributed by atoms with E-state index in [4.69, 9.17) is 5.73 Å². The van der Waals surface area contributed by atoms with Crippen LogP contribution in [0.2, 0.25) is 0 Å². The normalized spacial score (nSPS) is 11.8. The molecule has 0 unspecified atom stereocenters. The van der Waals surface area contributed by atoms with Gasteiger partial charge in [0.1, 0.15) is 11.5 Å². The number of anilines is 1. The number of nitrogens with two attached hydrogens (primary N) is 1. The lowest BCUT2D eigenvalue weighted by Crippen LogP contribution is -2.05. The SMILES string of the molecule is Nc1c(Br)cc(Br)cc1-c1ncc(C(F)(F)F)[nH]1. The summed E-state index contributed by atoms with van der Waals surface area (Å²) < 4.78 is 38.6. The first-order chi connectivity index (χ1) is 8.29. The molecule has 1 aromatic heterocycles. The Labute approximate surface area is 117 Å². The minimum atomic E-state index is -4.46. The summed E-state index contributed by atoms with van der Waals surface area (Å²) in [6.07, 6.45) is -3.72. The number of H-pyrrole nitrogens is 1.